The van der Waals surface area contributed by atoms with Crippen molar-refractivity contribution in [1.82, 2.24) is 20.0 Å². The zero-order valence-electron chi connectivity index (χ0n) is 12.6. The number of hydrogen-bond donors (Lipinski definition) is 0. The van der Waals surface area contributed by atoms with Gasteiger partial charge in [-0.3, -0.25) is 4.79 Å². The number of hydrogen-bond acceptors (Lipinski definition) is 6. The first-order chi connectivity index (χ1) is 11.2. The molecule has 0 saturated carbocycles. The maximum absolute atomic E-state index is 12.1. The number of fused-ring (bicyclic) bond motifs is 1. The predicted molar refractivity (Wildman–Crippen MR) is 83.0 cm³/mol. The van der Waals surface area contributed by atoms with Crippen LogP contribution in [0.4, 0.5) is 5.82 Å². The van der Waals surface area contributed by atoms with Crippen LogP contribution >= 0.6 is 0 Å². The number of nitriles is 1. The van der Waals surface area contributed by atoms with E-state index < -0.39 is 0 Å². The molecule has 23 heavy (non-hydrogen) atoms. The number of aryl methyl sites for hydroxylation is 2. The monoisotopic (exact) mass is 308 g/mol. The van der Waals surface area contributed by atoms with E-state index in [2.05, 4.69) is 21.4 Å². The van der Waals surface area contributed by atoms with Crippen LogP contribution in [0.2, 0.25) is 0 Å². The van der Waals surface area contributed by atoms with Gasteiger partial charge >= 0.3 is 0 Å². The number of anilines is 1. The summed E-state index contributed by atoms with van der Waals surface area (Å²) in [4.78, 5) is 14.2. The maximum Gasteiger partial charge on any atom is 0.267 e. The van der Waals surface area contributed by atoms with Crippen molar-refractivity contribution in [3.63, 3.8) is 0 Å². The minimum absolute atomic E-state index is 0.0127. The summed E-state index contributed by atoms with van der Waals surface area (Å²) in [7, 11) is 0. The molecule has 0 radical (unpaired) electrons. The third kappa shape index (κ3) is 2.46. The topological polar surface area (TPSA) is 87.7 Å². The fourth-order valence-electron chi connectivity index (χ4n) is 3.32. The van der Waals surface area contributed by atoms with Crippen LogP contribution in [0, 0.1) is 17.2 Å². The molecule has 0 unspecified atom stereocenters. The second kappa shape index (κ2) is 5.47. The predicted octanol–water partition coefficient (Wildman–Crippen LogP) is 0.530. The fourth-order valence-corrected chi connectivity index (χ4v) is 3.32. The summed E-state index contributed by atoms with van der Waals surface area (Å²) >= 11 is 0. The highest BCUT2D eigenvalue weighted by atomic mass is 16.1. The normalized spacial score (nSPS) is 16.7. The van der Waals surface area contributed by atoms with Crippen LogP contribution in [0.3, 0.4) is 0 Å². The first-order valence-electron chi connectivity index (χ1n) is 7.81. The average molecular weight is 308 g/mol. The van der Waals surface area contributed by atoms with Gasteiger partial charge in [-0.15, -0.1) is 5.10 Å². The van der Waals surface area contributed by atoms with E-state index in [1.807, 2.05) is 4.90 Å². The van der Waals surface area contributed by atoms with E-state index in [-0.39, 0.29) is 5.56 Å². The average Bonchev–Trinajstić information content (AvgIpc) is 2.97. The quantitative estimate of drug-likeness (QED) is 0.822. The Morgan fingerprint density at radius 2 is 2.22 bits per heavy atom. The smallest absolute Gasteiger partial charge is 0.267 e. The van der Waals surface area contributed by atoms with Crippen molar-refractivity contribution < 1.29 is 0 Å². The lowest BCUT2D eigenvalue weighted by atomic mass is 9.99. The Morgan fingerprint density at radius 1 is 1.35 bits per heavy atom. The third-order valence-electron chi connectivity index (χ3n) is 4.53. The van der Waals surface area contributed by atoms with E-state index in [1.54, 1.807) is 16.8 Å². The van der Waals surface area contributed by atoms with Gasteiger partial charge in [-0.1, -0.05) is 0 Å². The minimum atomic E-state index is -0.0127. The SMILES string of the molecule is N#Cc1ccnnc1N1CC(Cn2nc3c(cc2=O)CCC3)C1. The molecule has 1 fully saturated rings. The lowest BCUT2D eigenvalue weighted by Gasteiger charge is -2.40. The lowest BCUT2D eigenvalue weighted by Crippen LogP contribution is -2.50. The van der Waals surface area contributed by atoms with Crippen LogP contribution < -0.4 is 10.5 Å². The Bertz CT molecular complexity index is 846. The Balaban J connectivity index is 1.46. The summed E-state index contributed by atoms with van der Waals surface area (Å²) in [6, 6.07) is 5.54. The minimum Gasteiger partial charge on any atom is -0.353 e. The van der Waals surface area contributed by atoms with Gasteiger partial charge in [0.2, 0.25) is 0 Å². The molecule has 0 amide bonds. The zero-order valence-corrected chi connectivity index (χ0v) is 12.6. The summed E-state index contributed by atoms with van der Waals surface area (Å²) in [5.74, 6) is 0.966. The van der Waals surface area contributed by atoms with Gasteiger partial charge in [0.15, 0.2) is 5.82 Å². The van der Waals surface area contributed by atoms with Crippen LogP contribution in [0.5, 0.6) is 0 Å². The van der Waals surface area contributed by atoms with Crippen molar-refractivity contribution in [2.75, 3.05) is 18.0 Å². The molecule has 0 aromatic carbocycles. The Kier molecular flexibility index (Phi) is 3.30. The largest absolute Gasteiger partial charge is 0.353 e. The van der Waals surface area contributed by atoms with E-state index in [4.69, 9.17) is 5.26 Å². The van der Waals surface area contributed by atoms with E-state index in [0.29, 0.717) is 23.8 Å². The second-order valence-corrected chi connectivity index (χ2v) is 6.14. The van der Waals surface area contributed by atoms with Gasteiger partial charge in [0.25, 0.3) is 5.56 Å². The molecule has 2 aromatic rings. The molecular formula is C16H16N6O. The zero-order chi connectivity index (χ0) is 15.8. The molecule has 0 N–H and O–H groups in total. The van der Waals surface area contributed by atoms with Crippen molar-refractivity contribution in [3.8, 4) is 6.07 Å². The summed E-state index contributed by atoms with van der Waals surface area (Å²) in [5.41, 5.74) is 2.70. The van der Waals surface area contributed by atoms with Gasteiger partial charge < -0.3 is 4.90 Å². The number of aromatic nitrogens is 4. The van der Waals surface area contributed by atoms with Gasteiger partial charge in [0, 0.05) is 25.1 Å². The molecule has 1 aliphatic heterocycles. The van der Waals surface area contributed by atoms with Gasteiger partial charge in [0.05, 0.1) is 24.0 Å². The summed E-state index contributed by atoms with van der Waals surface area (Å²) < 4.78 is 1.59. The van der Waals surface area contributed by atoms with Gasteiger partial charge in [-0.2, -0.15) is 15.5 Å². The Morgan fingerprint density at radius 3 is 3.04 bits per heavy atom. The van der Waals surface area contributed by atoms with E-state index >= 15 is 0 Å². The molecule has 0 bridgehead atoms. The highest BCUT2D eigenvalue weighted by Gasteiger charge is 2.30. The van der Waals surface area contributed by atoms with Crippen molar-refractivity contribution in [1.29, 1.82) is 5.26 Å². The van der Waals surface area contributed by atoms with Gasteiger partial charge in [-0.05, 0) is 30.9 Å². The van der Waals surface area contributed by atoms with Gasteiger partial charge in [0.1, 0.15) is 6.07 Å². The first kappa shape index (κ1) is 13.9. The van der Waals surface area contributed by atoms with E-state index in [1.165, 1.54) is 6.20 Å². The standard InChI is InChI=1S/C16H16N6O/c17-7-13-4-5-18-19-16(13)21-8-11(9-21)10-22-15(23)6-12-2-1-3-14(12)20-22/h4-6,11H,1-3,8-10H2. The van der Waals surface area contributed by atoms with Crippen LogP contribution in [-0.2, 0) is 19.4 Å². The maximum atomic E-state index is 12.1. The molecule has 3 heterocycles. The molecule has 0 spiro atoms. The second-order valence-electron chi connectivity index (χ2n) is 6.14. The molecule has 7 nitrogen and oxygen atoms in total. The highest BCUT2D eigenvalue weighted by Crippen LogP contribution is 2.26. The lowest BCUT2D eigenvalue weighted by molar-refractivity contribution is 0.330. The van der Waals surface area contributed by atoms with Crippen molar-refractivity contribution in [3.05, 3.63) is 45.5 Å². The summed E-state index contributed by atoms with van der Waals surface area (Å²) in [5, 5.41) is 21.5. The van der Waals surface area contributed by atoms with E-state index in [0.717, 1.165) is 43.6 Å². The first-order valence-corrected chi connectivity index (χ1v) is 7.81. The molecule has 116 valence electrons. The Hall–Kier alpha value is -2.75. The molecular weight excluding hydrogens is 292 g/mol. The number of nitrogens with zero attached hydrogens (tertiary/aromatic N) is 6. The van der Waals surface area contributed by atoms with Crippen LogP contribution in [0.15, 0.2) is 23.1 Å². The van der Waals surface area contributed by atoms with E-state index in [9.17, 15) is 4.79 Å². The molecule has 7 heteroatoms. The van der Waals surface area contributed by atoms with Crippen LogP contribution in [-0.4, -0.2) is 33.1 Å². The Labute approximate surface area is 133 Å². The molecule has 1 saturated heterocycles. The van der Waals surface area contributed by atoms with Gasteiger partial charge in [-0.25, -0.2) is 4.68 Å². The molecule has 4 rings (SSSR count). The van der Waals surface area contributed by atoms with Crippen molar-refractivity contribution in [2.45, 2.75) is 25.8 Å². The highest BCUT2D eigenvalue weighted by molar-refractivity contribution is 5.54. The molecule has 1 aliphatic carbocycles. The number of rotatable bonds is 3. The van der Waals surface area contributed by atoms with Crippen molar-refractivity contribution in [2.24, 2.45) is 5.92 Å². The third-order valence-corrected chi connectivity index (χ3v) is 4.53. The van der Waals surface area contributed by atoms with Crippen molar-refractivity contribution >= 4 is 5.82 Å². The summed E-state index contributed by atoms with van der Waals surface area (Å²) in [6.45, 7) is 2.14. The molecule has 0 atom stereocenters. The molecule has 2 aromatic heterocycles. The summed E-state index contributed by atoms with van der Waals surface area (Å²) in [6.07, 6.45) is 4.55. The van der Waals surface area contributed by atoms with Crippen LogP contribution in [0.1, 0.15) is 23.2 Å². The van der Waals surface area contributed by atoms with Crippen LogP contribution in [0.25, 0.3) is 0 Å². The molecule has 2 aliphatic rings. The fraction of sp³-hybridized carbons (Fsp3) is 0.438.